The van der Waals surface area contributed by atoms with Crippen molar-refractivity contribution in [2.75, 3.05) is 6.61 Å². The molecule has 1 atom stereocenters. The van der Waals surface area contributed by atoms with Gasteiger partial charge in [0.05, 0.1) is 6.61 Å². The van der Waals surface area contributed by atoms with Gasteiger partial charge in [0.15, 0.2) is 0 Å². The number of hydrogen-bond acceptors (Lipinski definition) is 6. The quantitative estimate of drug-likeness (QED) is 0.787. The van der Waals surface area contributed by atoms with Crippen LogP contribution in [0.15, 0.2) is 22.9 Å². The van der Waals surface area contributed by atoms with E-state index >= 15 is 0 Å². The van der Waals surface area contributed by atoms with Gasteiger partial charge in [-0.2, -0.15) is 4.98 Å². The maximum Gasteiger partial charge on any atom is 0.318 e. The Bertz CT molecular complexity index is 649. The number of carbonyl (C=O) groups is 1. The van der Waals surface area contributed by atoms with Crippen molar-refractivity contribution in [1.29, 1.82) is 0 Å². The summed E-state index contributed by atoms with van der Waals surface area (Å²) in [5, 5.41) is 3.95. The van der Waals surface area contributed by atoms with Crippen LogP contribution < -0.4 is 0 Å². The maximum absolute atomic E-state index is 11.7. The summed E-state index contributed by atoms with van der Waals surface area (Å²) in [6, 6.07) is 3.83. The minimum atomic E-state index is -0.559. The highest BCUT2D eigenvalue weighted by molar-refractivity contribution is 5.76. The summed E-state index contributed by atoms with van der Waals surface area (Å²) < 4.78 is 10.1. The molecule has 0 spiro atoms. The zero-order valence-electron chi connectivity index (χ0n) is 12.1. The summed E-state index contributed by atoms with van der Waals surface area (Å²) in [5.74, 6) is 0.394. The monoisotopic (exact) mass is 287 g/mol. The van der Waals surface area contributed by atoms with E-state index in [0.717, 1.165) is 11.3 Å². The molecular weight excluding hydrogens is 270 g/mol. The highest BCUT2D eigenvalue weighted by Crippen LogP contribution is 2.39. The Kier molecular flexibility index (Phi) is 3.68. The lowest BCUT2D eigenvalue weighted by Crippen LogP contribution is -2.13. The third-order valence-electron chi connectivity index (χ3n) is 3.49. The van der Waals surface area contributed by atoms with Crippen molar-refractivity contribution < 1.29 is 14.1 Å². The predicted octanol–water partition coefficient (Wildman–Crippen LogP) is 2.68. The highest BCUT2D eigenvalue weighted by Gasteiger charge is 2.26. The molecule has 0 amide bonds. The minimum Gasteiger partial charge on any atom is -0.465 e. The Morgan fingerprint density at radius 2 is 2.33 bits per heavy atom. The summed E-state index contributed by atoms with van der Waals surface area (Å²) in [7, 11) is 0. The van der Waals surface area contributed by atoms with E-state index in [2.05, 4.69) is 15.1 Å². The summed E-state index contributed by atoms with van der Waals surface area (Å²) in [6.07, 6.45) is 4.13. The fourth-order valence-corrected chi connectivity index (χ4v) is 2.09. The summed E-state index contributed by atoms with van der Waals surface area (Å²) in [6.45, 7) is 3.79. The predicted molar refractivity (Wildman–Crippen MR) is 74.6 cm³/mol. The van der Waals surface area contributed by atoms with Crippen molar-refractivity contribution in [2.24, 2.45) is 0 Å². The molecule has 6 heteroatoms. The number of rotatable bonds is 5. The molecule has 1 unspecified atom stereocenters. The standard InChI is InChI=1S/C15H17N3O3/c1-3-20-15(19)9(2)14-17-13(18-21-14)11-6-7-16-12(8-11)10-4-5-10/h6-10H,3-5H2,1-2H3. The average molecular weight is 287 g/mol. The molecule has 1 aliphatic carbocycles. The van der Waals surface area contributed by atoms with Crippen LogP contribution in [0.2, 0.25) is 0 Å². The molecule has 1 aliphatic rings. The second kappa shape index (κ2) is 5.63. The SMILES string of the molecule is CCOC(=O)C(C)c1nc(-c2ccnc(C3CC3)c2)no1. The zero-order valence-corrected chi connectivity index (χ0v) is 12.1. The number of nitrogens with zero attached hydrogens (tertiary/aromatic N) is 3. The normalized spacial score (nSPS) is 15.7. The van der Waals surface area contributed by atoms with Gasteiger partial charge >= 0.3 is 5.97 Å². The Balaban J connectivity index is 1.81. The van der Waals surface area contributed by atoms with E-state index in [0.29, 0.717) is 18.3 Å². The molecule has 6 nitrogen and oxygen atoms in total. The molecule has 0 aromatic carbocycles. The molecule has 0 N–H and O–H groups in total. The number of carbonyl (C=O) groups excluding carboxylic acids is 1. The van der Waals surface area contributed by atoms with Crippen molar-refractivity contribution in [3.05, 3.63) is 29.9 Å². The second-order valence-electron chi connectivity index (χ2n) is 5.17. The number of aromatic nitrogens is 3. The molecule has 2 aromatic heterocycles. The number of esters is 1. The average Bonchev–Trinajstić information content (AvgIpc) is 3.24. The number of hydrogen-bond donors (Lipinski definition) is 0. The molecule has 0 bridgehead atoms. The lowest BCUT2D eigenvalue weighted by atomic mass is 10.1. The van der Waals surface area contributed by atoms with E-state index < -0.39 is 5.92 Å². The van der Waals surface area contributed by atoms with E-state index in [1.165, 1.54) is 12.8 Å². The Labute approximate surface area is 122 Å². The topological polar surface area (TPSA) is 78.1 Å². The van der Waals surface area contributed by atoms with Crippen LogP contribution in [0.3, 0.4) is 0 Å². The van der Waals surface area contributed by atoms with Gasteiger partial charge in [0, 0.05) is 23.4 Å². The first-order valence-corrected chi connectivity index (χ1v) is 7.15. The van der Waals surface area contributed by atoms with Crippen LogP contribution >= 0.6 is 0 Å². The molecule has 2 aromatic rings. The summed E-state index contributed by atoms with van der Waals surface area (Å²) in [4.78, 5) is 20.3. The molecule has 21 heavy (non-hydrogen) atoms. The van der Waals surface area contributed by atoms with Crippen molar-refractivity contribution >= 4 is 5.97 Å². The van der Waals surface area contributed by atoms with E-state index in [4.69, 9.17) is 9.26 Å². The minimum absolute atomic E-state index is 0.272. The van der Waals surface area contributed by atoms with Gasteiger partial charge in [0.2, 0.25) is 11.7 Å². The van der Waals surface area contributed by atoms with Gasteiger partial charge in [-0.3, -0.25) is 9.78 Å². The smallest absolute Gasteiger partial charge is 0.318 e. The van der Waals surface area contributed by atoms with Crippen molar-refractivity contribution in [3.8, 4) is 11.4 Å². The van der Waals surface area contributed by atoms with Crippen molar-refractivity contribution in [3.63, 3.8) is 0 Å². The summed E-state index contributed by atoms with van der Waals surface area (Å²) >= 11 is 0. The van der Waals surface area contributed by atoms with E-state index in [1.807, 2.05) is 12.1 Å². The van der Waals surface area contributed by atoms with E-state index in [1.54, 1.807) is 20.0 Å². The van der Waals surface area contributed by atoms with Crippen LogP contribution in [0, 0.1) is 0 Å². The fraction of sp³-hybridized carbons (Fsp3) is 0.467. The molecule has 2 heterocycles. The zero-order chi connectivity index (χ0) is 14.8. The van der Waals surface area contributed by atoms with Gasteiger partial charge in [-0.25, -0.2) is 0 Å². The van der Waals surface area contributed by atoms with Crippen LogP contribution in [0.4, 0.5) is 0 Å². The summed E-state index contributed by atoms with van der Waals surface area (Å²) in [5.41, 5.74) is 1.93. The van der Waals surface area contributed by atoms with Crippen molar-refractivity contribution in [2.45, 2.75) is 38.5 Å². The lowest BCUT2D eigenvalue weighted by molar-refractivity contribution is -0.145. The van der Waals surface area contributed by atoms with Crippen LogP contribution in [0.1, 0.15) is 50.1 Å². The van der Waals surface area contributed by atoms with Gasteiger partial charge in [0.1, 0.15) is 5.92 Å². The maximum atomic E-state index is 11.7. The molecule has 1 fully saturated rings. The van der Waals surface area contributed by atoms with Gasteiger partial charge < -0.3 is 9.26 Å². The van der Waals surface area contributed by atoms with Crippen LogP contribution in [0.5, 0.6) is 0 Å². The van der Waals surface area contributed by atoms with Crippen LogP contribution in [-0.2, 0) is 9.53 Å². The molecule has 3 rings (SSSR count). The van der Waals surface area contributed by atoms with Crippen LogP contribution in [-0.4, -0.2) is 27.7 Å². The third-order valence-corrected chi connectivity index (χ3v) is 3.49. The first kappa shape index (κ1) is 13.7. The number of ether oxygens (including phenoxy) is 1. The molecule has 0 saturated heterocycles. The molecule has 0 aliphatic heterocycles. The Morgan fingerprint density at radius 1 is 1.52 bits per heavy atom. The molecule has 110 valence electrons. The Hall–Kier alpha value is -2.24. The van der Waals surface area contributed by atoms with Crippen LogP contribution in [0.25, 0.3) is 11.4 Å². The fourth-order valence-electron chi connectivity index (χ4n) is 2.09. The van der Waals surface area contributed by atoms with E-state index in [9.17, 15) is 4.79 Å². The van der Waals surface area contributed by atoms with Gasteiger partial charge in [-0.05, 0) is 38.8 Å². The third kappa shape index (κ3) is 2.94. The van der Waals surface area contributed by atoms with Crippen molar-refractivity contribution in [1.82, 2.24) is 15.1 Å². The number of pyridine rings is 1. The lowest BCUT2D eigenvalue weighted by Gasteiger charge is -2.04. The highest BCUT2D eigenvalue weighted by atomic mass is 16.5. The van der Waals surface area contributed by atoms with Gasteiger partial charge in [0.25, 0.3) is 0 Å². The van der Waals surface area contributed by atoms with E-state index in [-0.39, 0.29) is 11.9 Å². The van der Waals surface area contributed by atoms with Gasteiger partial charge in [-0.1, -0.05) is 5.16 Å². The largest absolute Gasteiger partial charge is 0.465 e. The Morgan fingerprint density at radius 3 is 3.05 bits per heavy atom. The first-order valence-electron chi connectivity index (χ1n) is 7.15. The molecular formula is C15H17N3O3. The second-order valence-corrected chi connectivity index (χ2v) is 5.17. The molecule has 1 saturated carbocycles. The first-order chi connectivity index (χ1) is 10.2. The molecule has 0 radical (unpaired) electrons. The van der Waals surface area contributed by atoms with Gasteiger partial charge in [-0.15, -0.1) is 0 Å².